The Morgan fingerprint density at radius 1 is 1.23 bits per heavy atom. The first-order valence-corrected chi connectivity index (χ1v) is 7.68. The fourth-order valence-electron chi connectivity index (χ4n) is 2.51. The molecule has 0 spiro atoms. The Bertz CT molecular complexity index is 645. The minimum Gasteiger partial charge on any atom is -0.339 e. The maximum atomic E-state index is 13.9. The summed E-state index contributed by atoms with van der Waals surface area (Å²) in [7, 11) is 0. The molecule has 2 aromatic rings. The fourth-order valence-corrected chi connectivity index (χ4v) is 2.51. The number of hydrogen-bond donors (Lipinski definition) is 0. The SMILES string of the molecule is CCCN(CCC)C(=O)c1cnn(-c2ccccc2F)c1C. The highest BCUT2D eigenvalue weighted by Crippen LogP contribution is 2.18. The van der Waals surface area contributed by atoms with E-state index in [9.17, 15) is 9.18 Å². The Labute approximate surface area is 130 Å². The van der Waals surface area contributed by atoms with Crippen LogP contribution in [0.15, 0.2) is 30.5 Å². The van der Waals surface area contributed by atoms with Gasteiger partial charge >= 0.3 is 0 Å². The van der Waals surface area contributed by atoms with Gasteiger partial charge in [0.15, 0.2) is 0 Å². The van der Waals surface area contributed by atoms with Gasteiger partial charge in [0.05, 0.1) is 17.5 Å². The van der Waals surface area contributed by atoms with Crippen LogP contribution in [0.3, 0.4) is 0 Å². The standard InChI is InChI=1S/C17H22FN3O/c1-4-10-20(11-5-2)17(22)14-12-19-21(13(14)3)16-9-7-6-8-15(16)18/h6-9,12H,4-5,10-11H2,1-3H3. The second-order valence-corrected chi connectivity index (χ2v) is 5.30. The first kappa shape index (κ1) is 16.2. The molecule has 1 amide bonds. The van der Waals surface area contributed by atoms with Crippen molar-refractivity contribution in [3.8, 4) is 5.69 Å². The summed E-state index contributed by atoms with van der Waals surface area (Å²) in [6.45, 7) is 7.33. The normalized spacial score (nSPS) is 10.7. The maximum absolute atomic E-state index is 13.9. The molecule has 0 aliphatic rings. The molecule has 4 nitrogen and oxygen atoms in total. The monoisotopic (exact) mass is 303 g/mol. The van der Waals surface area contributed by atoms with Crippen LogP contribution >= 0.6 is 0 Å². The number of benzene rings is 1. The molecule has 0 unspecified atom stereocenters. The van der Waals surface area contributed by atoms with E-state index < -0.39 is 0 Å². The van der Waals surface area contributed by atoms with Gasteiger partial charge in [-0.1, -0.05) is 26.0 Å². The Hall–Kier alpha value is -2.17. The number of hydrogen-bond acceptors (Lipinski definition) is 2. The van der Waals surface area contributed by atoms with E-state index in [2.05, 4.69) is 5.10 Å². The Morgan fingerprint density at radius 2 is 1.86 bits per heavy atom. The predicted molar refractivity (Wildman–Crippen MR) is 84.7 cm³/mol. The summed E-state index contributed by atoms with van der Waals surface area (Å²) in [5, 5.41) is 4.20. The molecular weight excluding hydrogens is 281 g/mol. The molecule has 0 aliphatic heterocycles. The van der Waals surface area contributed by atoms with Gasteiger partial charge < -0.3 is 4.90 Å². The van der Waals surface area contributed by atoms with Gasteiger partial charge in [0.1, 0.15) is 11.5 Å². The summed E-state index contributed by atoms with van der Waals surface area (Å²) in [6, 6.07) is 6.42. The molecule has 1 aromatic carbocycles. The highest BCUT2D eigenvalue weighted by molar-refractivity contribution is 5.95. The van der Waals surface area contributed by atoms with Gasteiger partial charge in [-0.15, -0.1) is 0 Å². The van der Waals surface area contributed by atoms with Gasteiger partial charge in [0.25, 0.3) is 5.91 Å². The number of para-hydroxylation sites is 1. The van der Waals surface area contributed by atoms with E-state index in [-0.39, 0.29) is 11.7 Å². The first-order valence-electron chi connectivity index (χ1n) is 7.68. The topological polar surface area (TPSA) is 38.1 Å². The van der Waals surface area contributed by atoms with Crippen LogP contribution in [-0.2, 0) is 0 Å². The number of rotatable bonds is 6. The second-order valence-electron chi connectivity index (χ2n) is 5.30. The molecule has 0 radical (unpaired) electrons. The smallest absolute Gasteiger partial charge is 0.257 e. The lowest BCUT2D eigenvalue weighted by Crippen LogP contribution is -2.32. The zero-order valence-corrected chi connectivity index (χ0v) is 13.3. The van der Waals surface area contributed by atoms with Crippen LogP contribution in [-0.4, -0.2) is 33.7 Å². The van der Waals surface area contributed by atoms with Crippen molar-refractivity contribution in [1.29, 1.82) is 0 Å². The number of carbonyl (C=O) groups is 1. The summed E-state index contributed by atoms with van der Waals surface area (Å²) >= 11 is 0. The lowest BCUT2D eigenvalue weighted by Gasteiger charge is -2.21. The van der Waals surface area contributed by atoms with Crippen LogP contribution in [0.25, 0.3) is 5.69 Å². The summed E-state index contributed by atoms with van der Waals surface area (Å²) in [5.74, 6) is -0.393. The van der Waals surface area contributed by atoms with Crippen molar-refractivity contribution in [2.75, 3.05) is 13.1 Å². The molecule has 0 saturated heterocycles. The van der Waals surface area contributed by atoms with Crippen LogP contribution in [0.5, 0.6) is 0 Å². The molecule has 0 N–H and O–H groups in total. The van der Waals surface area contributed by atoms with Crippen molar-refractivity contribution in [2.24, 2.45) is 0 Å². The Morgan fingerprint density at radius 3 is 2.45 bits per heavy atom. The van der Waals surface area contributed by atoms with E-state index in [1.54, 1.807) is 25.1 Å². The van der Waals surface area contributed by atoms with E-state index in [1.807, 2.05) is 18.7 Å². The zero-order valence-electron chi connectivity index (χ0n) is 13.3. The third-order valence-corrected chi connectivity index (χ3v) is 3.60. The largest absolute Gasteiger partial charge is 0.339 e. The molecule has 0 fully saturated rings. The average molecular weight is 303 g/mol. The van der Waals surface area contributed by atoms with E-state index in [0.717, 1.165) is 25.9 Å². The second kappa shape index (κ2) is 7.20. The van der Waals surface area contributed by atoms with E-state index >= 15 is 0 Å². The summed E-state index contributed by atoms with van der Waals surface area (Å²) in [4.78, 5) is 14.5. The van der Waals surface area contributed by atoms with Crippen LogP contribution < -0.4 is 0 Å². The lowest BCUT2D eigenvalue weighted by molar-refractivity contribution is 0.0755. The van der Waals surface area contributed by atoms with Crippen molar-refractivity contribution < 1.29 is 9.18 Å². The third kappa shape index (κ3) is 3.18. The van der Waals surface area contributed by atoms with E-state index in [4.69, 9.17) is 0 Å². The van der Waals surface area contributed by atoms with Crippen molar-refractivity contribution >= 4 is 5.91 Å². The highest BCUT2D eigenvalue weighted by Gasteiger charge is 2.20. The molecule has 2 rings (SSSR count). The van der Waals surface area contributed by atoms with Gasteiger partial charge in [0, 0.05) is 13.1 Å². The van der Waals surface area contributed by atoms with Gasteiger partial charge in [-0.3, -0.25) is 4.79 Å². The van der Waals surface area contributed by atoms with Crippen LogP contribution in [0.1, 0.15) is 42.7 Å². The minimum atomic E-state index is -0.355. The van der Waals surface area contributed by atoms with Crippen molar-refractivity contribution in [3.63, 3.8) is 0 Å². The summed E-state index contributed by atoms with van der Waals surface area (Å²) in [6.07, 6.45) is 3.35. The van der Waals surface area contributed by atoms with E-state index in [0.29, 0.717) is 16.9 Å². The Kier molecular flexibility index (Phi) is 5.31. The summed E-state index contributed by atoms with van der Waals surface area (Å²) in [5.41, 5.74) is 1.55. The van der Waals surface area contributed by atoms with Crippen LogP contribution in [0, 0.1) is 12.7 Å². The van der Waals surface area contributed by atoms with Crippen molar-refractivity contribution in [2.45, 2.75) is 33.6 Å². The molecule has 0 bridgehead atoms. The van der Waals surface area contributed by atoms with E-state index in [1.165, 1.54) is 16.9 Å². The molecule has 5 heteroatoms. The highest BCUT2D eigenvalue weighted by atomic mass is 19.1. The molecule has 1 aromatic heterocycles. The van der Waals surface area contributed by atoms with Crippen LogP contribution in [0.2, 0.25) is 0 Å². The maximum Gasteiger partial charge on any atom is 0.257 e. The number of aromatic nitrogens is 2. The fraction of sp³-hybridized carbons (Fsp3) is 0.412. The molecule has 0 atom stereocenters. The number of nitrogens with zero attached hydrogens (tertiary/aromatic N) is 3. The molecular formula is C17H22FN3O. The molecule has 0 saturated carbocycles. The third-order valence-electron chi connectivity index (χ3n) is 3.60. The number of amides is 1. The van der Waals surface area contributed by atoms with Crippen LogP contribution in [0.4, 0.5) is 4.39 Å². The molecule has 22 heavy (non-hydrogen) atoms. The van der Waals surface area contributed by atoms with Crippen molar-refractivity contribution in [3.05, 3.63) is 47.5 Å². The zero-order chi connectivity index (χ0) is 16.1. The quantitative estimate of drug-likeness (QED) is 0.818. The van der Waals surface area contributed by atoms with Gasteiger partial charge in [0.2, 0.25) is 0 Å². The summed E-state index contributed by atoms with van der Waals surface area (Å²) < 4.78 is 15.4. The van der Waals surface area contributed by atoms with Gasteiger partial charge in [-0.25, -0.2) is 9.07 Å². The predicted octanol–water partition coefficient (Wildman–Crippen LogP) is 3.58. The Balaban J connectivity index is 2.35. The van der Waals surface area contributed by atoms with Gasteiger partial charge in [-0.2, -0.15) is 5.10 Å². The minimum absolute atomic E-state index is 0.0382. The molecule has 1 heterocycles. The first-order chi connectivity index (χ1) is 10.6. The van der Waals surface area contributed by atoms with Gasteiger partial charge in [-0.05, 0) is 31.9 Å². The number of halogens is 1. The number of carbonyl (C=O) groups excluding carboxylic acids is 1. The average Bonchev–Trinajstić information content (AvgIpc) is 2.88. The molecule has 118 valence electrons. The van der Waals surface area contributed by atoms with Crippen molar-refractivity contribution in [1.82, 2.24) is 14.7 Å². The lowest BCUT2D eigenvalue weighted by atomic mass is 10.2. The molecule has 0 aliphatic carbocycles.